The fraction of sp³-hybridized carbons (Fsp3) is 0.714. The van der Waals surface area contributed by atoms with E-state index in [1.54, 1.807) is 0 Å². The molecule has 0 spiro atoms. The summed E-state index contributed by atoms with van der Waals surface area (Å²) in [5.74, 6) is 1.37. The third kappa shape index (κ3) is 1.55. The molecule has 0 amide bonds. The largest absolute Gasteiger partial charge is 0.154 e. The molecule has 1 heterocycles. The van der Waals surface area contributed by atoms with E-state index < -0.39 is 0 Å². The summed E-state index contributed by atoms with van der Waals surface area (Å²) < 4.78 is 0. The third-order valence-corrected chi connectivity index (χ3v) is 2.72. The highest BCUT2D eigenvalue weighted by molar-refractivity contribution is 8.00. The molecule has 1 fully saturated rings. The Hall–Kier alpha value is 0.0900. The summed E-state index contributed by atoms with van der Waals surface area (Å²) in [5, 5.41) is 0.847. The smallest absolute Gasteiger partial charge is 0.0227 e. The van der Waals surface area contributed by atoms with Gasteiger partial charge in [-0.05, 0) is 25.5 Å². The Morgan fingerprint density at radius 2 is 2.50 bits per heavy atom. The lowest BCUT2D eigenvalue weighted by molar-refractivity contribution is 0.880. The van der Waals surface area contributed by atoms with Gasteiger partial charge in [0.2, 0.25) is 0 Å². The van der Waals surface area contributed by atoms with Crippen molar-refractivity contribution < 1.29 is 0 Å². The standard InChI is InChI=1S/C7H12S/c1-2-4-7-5-3-6-8-7/h2,4,7H,3,5-6H2,1H3/b4-2+. The predicted molar refractivity (Wildman–Crippen MR) is 40.3 cm³/mol. The van der Waals surface area contributed by atoms with E-state index in [4.69, 9.17) is 0 Å². The van der Waals surface area contributed by atoms with E-state index in [1.165, 1.54) is 18.6 Å². The molecule has 0 aromatic heterocycles. The van der Waals surface area contributed by atoms with Crippen LogP contribution in [0.5, 0.6) is 0 Å². The normalized spacial score (nSPS) is 29.9. The highest BCUT2D eigenvalue weighted by Crippen LogP contribution is 2.26. The van der Waals surface area contributed by atoms with Crippen LogP contribution in [-0.4, -0.2) is 11.0 Å². The molecule has 0 aliphatic carbocycles. The first-order chi connectivity index (χ1) is 3.93. The van der Waals surface area contributed by atoms with Gasteiger partial charge in [0.1, 0.15) is 0 Å². The van der Waals surface area contributed by atoms with Crippen LogP contribution in [0.2, 0.25) is 0 Å². The second-order valence-corrected chi connectivity index (χ2v) is 3.42. The SMILES string of the molecule is C/C=C/C1CCCS1. The maximum Gasteiger partial charge on any atom is 0.0227 e. The molecule has 0 bridgehead atoms. The van der Waals surface area contributed by atoms with Gasteiger partial charge in [-0.2, -0.15) is 11.8 Å². The second-order valence-electron chi connectivity index (χ2n) is 2.08. The highest BCUT2D eigenvalue weighted by atomic mass is 32.2. The topological polar surface area (TPSA) is 0 Å². The van der Waals surface area contributed by atoms with Crippen LogP contribution < -0.4 is 0 Å². The van der Waals surface area contributed by atoms with Crippen LogP contribution in [0, 0.1) is 0 Å². The molecule has 1 aliphatic heterocycles. The summed E-state index contributed by atoms with van der Waals surface area (Å²) in [6, 6.07) is 0. The van der Waals surface area contributed by atoms with Gasteiger partial charge < -0.3 is 0 Å². The lowest BCUT2D eigenvalue weighted by atomic mass is 10.2. The van der Waals surface area contributed by atoms with Crippen LogP contribution >= 0.6 is 11.8 Å². The number of rotatable bonds is 1. The molecular weight excluding hydrogens is 116 g/mol. The van der Waals surface area contributed by atoms with E-state index in [1.807, 2.05) is 0 Å². The molecule has 1 saturated heterocycles. The molecule has 0 aromatic rings. The van der Waals surface area contributed by atoms with Gasteiger partial charge in [0, 0.05) is 5.25 Å². The quantitative estimate of drug-likeness (QED) is 0.489. The number of thioether (sulfide) groups is 1. The Morgan fingerprint density at radius 1 is 1.62 bits per heavy atom. The van der Waals surface area contributed by atoms with Gasteiger partial charge in [-0.15, -0.1) is 0 Å². The van der Waals surface area contributed by atoms with Crippen molar-refractivity contribution >= 4 is 11.8 Å². The maximum absolute atomic E-state index is 2.30. The van der Waals surface area contributed by atoms with Crippen molar-refractivity contribution in [3.63, 3.8) is 0 Å². The summed E-state index contributed by atoms with van der Waals surface area (Å²) in [6.45, 7) is 2.10. The van der Waals surface area contributed by atoms with Crippen LogP contribution in [-0.2, 0) is 0 Å². The molecule has 0 N–H and O–H groups in total. The van der Waals surface area contributed by atoms with Crippen LogP contribution in [0.25, 0.3) is 0 Å². The molecule has 1 heteroatoms. The Kier molecular flexibility index (Phi) is 2.47. The van der Waals surface area contributed by atoms with Crippen molar-refractivity contribution in [2.75, 3.05) is 5.75 Å². The minimum absolute atomic E-state index is 0.847. The van der Waals surface area contributed by atoms with Crippen LogP contribution in [0.3, 0.4) is 0 Å². The number of hydrogen-bond acceptors (Lipinski definition) is 1. The van der Waals surface area contributed by atoms with E-state index in [0.717, 1.165) is 5.25 Å². The van der Waals surface area contributed by atoms with Crippen molar-refractivity contribution in [3.05, 3.63) is 12.2 Å². The van der Waals surface area contributed by atoms with Gasteiger partial charge in [-0.25, -0.2) is 0 Å². The summed E-state index contributed by atoms with van der Waals surface area (Å²) in [4.78, 5) is 0. The number of allylic oxidation sites excluding steroid dienone is 1. The maximum atomic E-state index is 2.30. The van der Waals surface area contributed by atoms with Crippen LogP contribution in [0.15, 0.2) is 12.2 Å². The minimum Gasteiger partial charge on any atom is -0.154 e. The average Bonchev–Trinajstić information content (AvgIpc) is 2.19. The molecular formula is C7H12S. The first-order valence-corrected chi connectivity index (χ1v) is 4.23. The van der Waals surface area contributed by atoms with Gasteiger partial charge in [0.15, 0.2) is 0 Å². The van der Waals surface area contributed by atoms with E-state index >= 15 is 0 Å². The Morgan fingerprint density at radius 3 is 3.00 bits per heavy atom. The van der Waals surface area contributed by atoms with Crippen molar-refractivity contribution in [1.82, 2.24) is 0 Å². The summed E-state index contributed by atoms with van der Waals surface area (Å²) >= 11 is 2.08. The van der Waals surface area contributed by atoms with Gasteiger partial charge in [-0.3, -0.25) is 0 Å². The van der Waals surface area contributed by atoms with E-state index in [0.29, 0.717) is 0 Å². The number of hydrogen-bond donors (Lipinski definition) is 0. The average molecular weight is 128 g/mol. The summed E-state index contributed by atoms with van der Waals surface area (Å²) in [7, 11) is 0. The third-order valence-electron chi connectivity index (χ3n) is 1.37. The molecule has 1 unspecified atom stereocenters. The summed E-state index contributed by atoms with van der Waals surface area (Å²) in [6.07, 6.45) is 7.27. The molecule has 0 saturated carbocycles. The molecule has 0 nitrogen and oxygen atoms in total. The monoisotopic (exact) mass is 128 g/mol. The van der Waals surface area contributed by atoms with Crippen molar-refractivity contribution in [3.8, 4) is 0 Å². The Balaban J connectivity index is 2.24. The lowest BCUT2D eigenvalue weighted by Crippen LogP contribution is -1.86. The molecule has 0 aromatic carbocycles. The zero-order valence-electron chi connectivity index (χ0n) is 5.26. The fourth-order valence-electron chi connectivity index (χ4n) is 0.969. The zero-order valence-corrected chi connectivity index (χ0v) is 6.08. The van der Waals surface area contributed by atoms with Crippen LogP contribution in [0.4, 0.5) is 0 Å². The summed E-state index contributed by atoms with van der Waals surface area (Å²) in [5.41, 5.74) is 0. The van der Waals surface area contributed by atoms with Gasteiger partial charge >= 0.3 is 0 Å². The van der Waals surface area contributed by atoms with E-state index in [9.17, 15) is 0 Å². The van der Waals surface area contributed by atoms with Gasteiger partial charge in [0.25, 0.3) is 0 Å². The molecule has 46 valence electrons. The minimum atomic E-state index is 0.847. The van der Waals surface area contributed by atoms with Crippen molar-refractivity contribution in [1.29, 1.82) is 0 Å². The molecule has 8 heavy (non-hydrogen) atoms. The Labute approximate surface area is 55.4 Å². The first-order valence-electron chi connectivity index (χ1n) is 3.18. The first kappa shape index (κ1) is 6.21. The van der Waals surface area contributed by atoms with Crippen molar-refractivity contribution in [2.45, 2.75) is 25.0 Å². The van der Waals surface area contributed by atoms with E-state index in [-0.39, 0.29) is 0 Å². The Bertz CT molecular complexity index is 80.4. The van der Waals surface area contributed by atoms with Crippen LogP contribution in [0.1, 0.15) is 19.8 Å². The molecule has 1 atom stereocenters. The van der Waals surface area contributed by atoms with Gasteiger partial charge in [-0.1, -0.05) is 12.2 Å². The molecule has 1 aliphatic rings. The fourth-order valence-corrected chi connectivity index (χ4v) is 2.21. The second kappa shape index (κ2) is 3.18. The van der Waals surface area contributed by atoms with Crippen molar-refractivity contribution in [2.24, 2.45) is 0 Å². The highest BCUT2D eigenvalue weighted by Gasteiger charge is 2.10. The molecule has 1 rings (SSSR count). The molecule has 0 radical (unpaired) electrons. The predicted octanol–water partition coefficient (Wildman–Crippen LogP) is 2.46. The lowest BCUT2D eigenvalue weighted by Gasteiger charge is -1.96. The van der Waals surface area contributed by atoms with E-state index in [2.05, 4.69) is 30.8 Å². The zero-order chi connectivity index (χ0) is 5.82. The van der Waals surface area contributed by atoms with Gasteiger partial charge in [0.05, 0.1) is 0 Å².